The maximum Gasteiger partial charge on any atom is 0.401 e. The number of rotatable bonds is 5. The van der Waals surface area contributed by atoms with Crippen molar-refractivity contribution in [1.82, 2.24) is 4.90 Å². The van der Waals surface area contributed by atoms with Gasteiger partial charge >= 0.3 is 6.18 Å². The number of halogens is 3. The number of hydrogen-bond donors (Lipinski definition) is 1. The molecule has 0 aliphatic carbocycles. The first-order valence-corrected chi connectivity index (χ1v) is 5.99. The second kappa shape index (κ2) is 6.09. The van der Waals surface area contributed by atoms with Crippen LogP contribution in [0.25, 0.3) is 0 Å². The van der Waals surface area contributed by atoms with Gasteiger partial charge in [0.1, 0.15) is 0 Å². The summed E-state index contributed by atoms with van der Waals surface area (Å²) in [5, 5.41) is 0. The Hall–Kier alpha value is -1.23. The molecular weight excluding hydrogens is 241 g/mol. The molecule has 5 heteroatoms. The highest BCUT2D eigenvalue weighted by molar-refractivity contribution is 5.40. The van der Waals surface area contributed by atoms with Crippen LogP contribution >= 0.6 is 0 Å². The highest BCUT2D eigenvalue weighted by Crippen LogP contribution is 2.26. The number of benzene rings is 1. The molecule has 1 aromatic carbocycles. The van der Waals surface area contributed by atoms with Crippen LogP contribution in [0.1, 0.15) is 31.9 Å². The first-order chi connectivity index (χ1) is 8.33. The quantitative estimate of drug-likeness (QED) is 0.819. The van der Waals surface area contributed by atoms with Gasteiger partial charge in [-0.25, -0.2) is 0 Å². The van der Waals surface area contributed by atoms with Crippen LogP contribution in [0.5, 0.6) is 0 Å². The predicted octanol–water partition coefficient (Wildman–Crippen LogP) is 3.60. The molecule has 2 N–H and O–H groups in total. The van der Waals surface area contributed by atoms with Gasteiger partial charge in [-0.3, -0.25) is 4.90 Å². The summed E-state index contributed by atoms with van der Waals surface area (Å²) in [5.41, 5.74) is 7.03. The molecule has 0 saturated heterocycles. The third kappa shape index (κ3) is 4.56. The first-order valence-electron chi connectivity index (χ1n) is 5.99. The van der Waals surface area contributed by atoms with E-state index in [0.717, 1.165) is 5.56 Å². The minimum absolute atomic E-state index is 0.271. The minimum Gasteiger partial charge on any atom is -0.399 e. The van der Waals surface area contributed by atoms with Crippen molar-refractivity contribution in [1.29, 1.82) is 0 Å². The summed E-state index contributed by atoms with van der Waals surface area (Å²) in [5.74, 6) is 0. The van der Waals surface area contributed by atoms with Crippen LogP contribution in [-0.2, 0) is 0 Å². The zero-order valence-electron chi connectivity index (χ0n) is 10.7. The van der Waals surface area contributed by atoms with E-state index >= 15 is 0 Å². The summed E-state index contributed by atoms with van der Waals surface area (Å²) in [6, 6.07) is 6.71. The predicted molar refractivity (Wildman–Crippen MR) is 67.2 cm³/mol. The summed E-state index contributed by atoms with van der Waals surface area (Å²) in [4.78, 5) is 1.44. The van der Waals surface area contributed by atoms with E-state index in [1.165, 1.54) is 4.90 Å². The van der Waals surface area contributed by atoms with Crippen molar-refractivity contribution in [3.63, 3.8) is 0 Å². The average molecular weight is 260 g/mol. The molecule has 2 nitrogen and oxygen atoms in total. The summed E-state index contributed by atoms with van der Waals surface area (Å²) >= 11 is 0. The van der Waals surface area contributed by atoms with Crippen molar-refractivity contribution < 1.29 is 13.2 Å². The third-order valence-corrected chi connectivity index (χ3v) is 2.86. The highest BCUT2D eigenvalue weighted by atomic mass is 19.4. The summed E-state index contributed by atoms with van der Waals surface area (Å²) < 4.78 is 37.5. The van der Waals surface area contributed by atoms with Gasteiger partial charge in [-0.1, -0.05) is 19.1 Å². The molecular formula is C13H19F3N2. The summed E-state index contributed by atoms with van der Waals surface area (Å²) in [6.07, 6.45) is -3.48. The lowest BCUT2D eigenvalue weighted by Gasteiger charge is -2.29. The topological polar surface area (TPSA) is 29.3 Å². The highest BCUT2D eigenvalue weighted by Gasteiger charge is 2.32. The lowest BCUT2D eigenvalue weighted by atomic mass is 10.1. The Morgan fingerprint density at radius 3 is 2.22 bits per heavy atom. The van der Waals surface area contributed by atoms with Gasteiger partial charge in [-0.15, -0.1) is 0 Å². The maximum atomic E-state index is 12.5. The Kier molecular flexibility index (Phi) is 5.02. The van der Waals surface area contributed by atoms with Crippen LogP contribution in [0.4, 0.5) is 18.9 Å². The van der Waals surface area contributed by atoms with E-state index in [1.54, 1.807) is 31.2 Å². The van der Waals surface area contributed by atoms with Crippen LogP contribution < -0.4 is 5.73 Å². The number of nitrogen functional groups attached to an aromatic ring is 1. The van der Waals surface area contributed by atoms with Gasteiger partial charge in [-0.05, 0) is 37.6 Å². The summed E-state index contributed by atoms with van der Waals surface area (Å²) in [6.45, 7) is 3.20. The van der Waals surface area contributed by atoms with Gasteiger partial charge in [0.15, 0.2) is 0 Å². The normalized spacial score (nSPS) is 13.9. The number of anilines is 1. The smallest absolute Gasteiger partial charge is 0.399 e. The molecule has 0 bridgehead atoms. The lowest BCUT2D eigenvalue weighted by molar-refractivity contribution is -0.150. The molecule has 0 amide bonds. The van der Waals surface area contributed by atoms with E-state index < -0.39 is 12.7 Å². The molecule has 18 heavy (non-hydrogen) atoms. The Balaban J connectivity index is 2.81. The molecule has 0 spiro atoms. The lowest BCUT2D eigenvalue weighted by Crippen LogP contribution is -2.36. The van der Waals surface area contributed by atoms with E-state index in [4.69, 9.17) is 5.73 Å². The number of alkyl halides is 3. The standard InChI is InChI=1S/C13H19F3N2/c1-3-8-18(9-13(14,15)16)10(2)11-4-6-12(17)7-5-11/h4-7,10H,3,8-9,17H2,1-2H3. The first kappa shape index (κ1) is 14.8. The van der Waals surface area contributed by atoms with Crippen molar-refractivity contribution in [2.24, 2.45) is 0 Å². The zero-order chi connectivity index (χ0) is 13.8. The largest absolute Gasteiger partial charge is 0.401 e. The van der Waals surface area contributed by atoms with Gasteiger partial charge in [-0.2, -0.15) is 13.2 Å². The molecule has 102 valence electrons. The van der Waals surface area contributed by atoms with E-state index in [-0.39, 0.29) is 6.04 Å². The van der Waals surface area contributed by atoms with Crippen LogP contribution in [0, 0.1) is 0 Å². The van der Waals surface area contributed by atoms with Crippen molar-refractivity contribution in [3.05, 3.63) is 29.8 Å². The third-order valence-electron chi connectivity index (χ3n) is 2.86. The second-order valence-electron chi connectivity index (χ2n) is 4.43. The SMILES string of the molecule is CCCN(CC(F)(F)F)C(C)c1ccc(N)cc1. The van der Waals surface area contributed by atoms with Gasteiger partial charge in [0.25, 0.3) is 0 Å². The van der Waals surface area contributed by atoms with E-state index in [0.29, 0.717) is 18.7 Å². The Morgan fingerprint density at radius 1 is 1.22 bits per heavy atom. The molecule has 0 aromatic heterocycles. The number of nitrogens with zero attached hydrogens (tertiary/aromatic N) is 1. The second-order valence-corrected chi connectivity index (χ2v) is 4.43. The van der Waals surface area contributed by atoms with Crippen molar-refractivity contribution in [3.8, 4) is 0 Å². The van der Waals surface area contributed by atoms with E-state index in [1.807, 2.05) is 6.92 Å². The molecule has 0 aliphatic heterocycles. The molecule has 0 aliphatic rings. The molecule has 1 unspecified atom stereocenters. The average Bonchev–Trinajstić information content (AvgIpc) is 2.27. The number of nitrogens with two attached hydrogens (primary N) is 1. The van der Waals surface area contributed by atoms with Crippen molar-refractivity contribution in [2.45, 2.75) is 32.5 Å². The molecule has 1 atom stereocenters. The molecule has 0 fully saturated rings. The van der Waals surface area contributed by atoms with Crippen LogP contribution in [0.3, 0.4) is 0 Å². The molecule has 1 aromatic rings. The fourth-order valence-corrected chi connectivity index (χ4v) is 1.91. The monoisotopic (exact) mass is 260 g/mol. The zero-order valence-corrected chi connectivity index (χ0v) is 10.7. The van der Waals surface area contributed by atoms with Gasteiger partial charge in [0.05, 0.1) is 6.54 Å². The maximum absolute atomic E-state index is 12.5. The van der Waals surface area contributed by atoms with Crippen LogP contribution in [-0.4, -0.2) is 24.2 Å². The van der Waals surface area contributed by atoms with Crippen molar-refractivity contribution >= 4 is 5.69 Å². The Labute approximate surface area is 106 Å². The van der Waals surface area contributed by atoms with E-state index in [9.17, 15) is 13.2 Å². The molecule has 0 radical (unpaired) electrons. The molecule has 0 saturated carbocycles. The molecule has 1 rings (SSSR count). The van der Waals surface area contributed by atoms with Gasteiger partial charge in [0.2, 0.25) is 0 Å². The van der Waals surface area contributed by atoms with Crippen LogP contribution in [0.15, 0.2) is 24.3 Å². The summed E-state index contributed by atoms with van der Waals surface area (Å²) in [7, 11) is 0. The van der Waals surface area contributed by atoms with E-state index in [2.05, 4.69) is 0 Å². The van der Waals surface area contributed by atoms with Gasteiger partial charge < -0.3 is 5.73 Å². The number of hydrogen-bond acceptors (Lipinski definition) is 2. The fourth-order valence-electron chi connectivity index (χ4n) is 1.91. The van der Waals surface area contributed by atoms with Crippen molar-refractivity contribution in [2.75, 3.05) is 18.8 Å². The van der Waals surface area contributed by atoms with Gasteiger partial charge in [0, 0.05) is 11.7 Å². The Morgan fingerprint density at radius 2 is 1.78 bits per heavy atom. The Bertz CT molecular complexity index is 359. The molecule has 0 heterocycles. The van der Waals surface area contributed by atoms with Crippen LogP contribution in [0.2, 0.25) is 0 Å². The minimum atomic E-state index is -4.17. The fraction of sp³-hybridized carbons (Fsp3) is 0.538.